The molecule has 1 aliphatic heterocycles. The number of hydrogen-bond acceptors (Lipinski definition) is 4. The molecule has 0 radical (unpaired) electrons. The lowest BCUT2D eigenvalue weighted by Gasteiger charge is -2.23. The van der Waals surface area contributed by atoms with Gasteiger partial charge in [0, 0.05) is 5.46 Å². The lowest BCUT2D eigenvalue weighted by atomic mass is 9.76. The number of ether oxygens (including phenoxy) is 1. The van der Waals surface area contributed by atoms with Crippen molar-refractivity contribution in [2.45, 2.75) is 18.8 Å². The van der Waals surface area contributed by atoms with Crippen molar-refractivity contribution in [2.75, 3.05) is 20.2 Å². The average Bonchev–Trinajstić information content (AvgIpc) is 2.39. The van der Waals surface area contributed by atoms with Gasteiger partial charge in [-0.05, 0) is 43.5 Å². The number of methoxy groups -OCH3 is 1. The van der Waals surface area contributed by atoms with Crippen LogP contribution in [-0.2, 0) is 0 Å². The number of nitrogens with one attached hydrogen (secondary N) is 1. The first-order chi connectivity index (χ1) is 8.22. The maximum Gasteiger partial charge on any atom is 0.492 e. The van der Waals surface area contributed by atoms with Gasteiger partial charge in [0.1, 0.15) is 5.75 Å². The van der Waals surface area contributed by atoms with E-state index in [9.17, 15) is 10.0 Å². The quantitative estimate of drug-likeness (QED) is 0.637. The van der Waals surface area contributed by atoms with Crippen molar-refractivity contribution in [3.05, 3.63) is 23.8 Å². The number of hydrogen-bond donors (Lipinski definition) is 3. The number of rotatable bonds is 3. The van der Waals surface area contributed by atoms with Crippen LogP contribution in [-0.4, -0.2) is 37.4 Å². The standard InChI is InChI=1S/C12H18BNO3/c1-17-12-3-2-10(8-11(12)13(15)16)9-4-6-14-7-5-9/h2-3,8-9,14-16H,4-7H2,1H3. The van der Waals surface area contributed by atoms with Crippen LogP contribution in [0.4, 0.5) is 0 Å². The second-order valence-corrected chi connectivity index (χ2v) is 4.40. The molecule has 0 saturated carbocycles. The minimum absolute atomic E-state index is 0.448. The summed E-state index contributed by atoms with van der Waals surface area (Å²) in [6.45, 7) is 2.04. The van der Waals surface area contributed by atoms with Crippen LogP contribution >= 0.6 is 0 Å². The van der Waals surface area contributed by atoms with Crippen LogP contribution in [0.5, 0.6) is 5.75 Å². The van der Waals surface area contributed by atoms with Crippen LogP contribution < -0.4 is 15.5 Å². The van der Waals surface area contributed by atoms with E-state index in [0.29, 0.717) is 17.1 Å². The van der Waals surface area contributed by atoms with Gasteiger partial charge in [0.2, 0.25) is 0 Å². The van der Waals surface area contributed by atoms with Crippen LogP contribution in [0.15, 0.2) is 18.2 Å². The molecule has 0 aromatic heterocycles. The topological polar surface area (TPSA) is 61.7 Å². The lowest BCUT2D eigenvalue weighted by Crippen LogP contribution is -2.32. The molecule has 1 fully saturated rings. The van der Waals surface area contributed by atoms with Crippen molar-refractivity contribution in [3.8, 4) is 5.75 Å². The molecule has 92 valence electrons. The highest BCUT2D eigenvalue weighted by Gasteiger charge is 2.21. The molecule has 1 aliphatic rings. The van der Waals surface area contributed by atoms with E-state index >= 15 is 0 Å². The zero-order chi connectivity index (χ0) is 12.3. The summed E-state index contributed by atoms with van der Waals surface area (Å²) in [4.78, 5) is 0. The summed E-state index contributed by atoms with van der Waals surface area (Å²) < 4.78 is 5.12. The molecule has 1 aromatic rings. The summed E-state index contributed by atoms with van der Waals surface area (Å²) in [6, 6.07) is 5.67. The number of piperidine rings is 1. The highest BCUT2D eigenvalue weighted by atomic mass is 16.5. The van der Waals surface area contributed by atoms with Crippen molar-refractivity contribution < 1.29 is 14.8 Å². The van der Waals surface area contributed by atoms with E-state index in [4.69, 9.17) is 4.74 Å². The Labute approximate surface area is 102 Å². The Morgan fingerprint density at radius 3 is 2.59 bits per heavy atom. The maximum atomic E-state index is 9.32. The summed E-state index contributed by atoms with van der Waals surface area (Å²) in [6.07, 6.45) is 2.18. The SMILES string of the molecule is COc1ccc(C2CCNCC2)cc1B(O)O. The summed E-state index contributed by atoms with van der Waals surface area (Å²) in [5, 5.41) is 22.0. The van der Waals surface area contributed by atoms with Crippen LogP contribution in [0.1, 0.15) is 24.3 Å². The zero-order valence-electron chi connectivity index (χ0n) is 10.0. The third-order valence-electron chi connectivity index (χ3n) is 3.34. The van der Waals surface area contributed by atoms with Gasteiger partial charge in [0.25, 0.3) is 0 Å². The molecular formula is C12H18BNO3. The van der Waals surface area contributed by atoms with Gasteiger partial charge in [-0.1, -0.05) is 12.1 Å². The third-order valence-corrected chi connectivity index (χ3v) is 3.34. The minimum Gasteiger partial charge on any atom is -0.497 e. The Hall–Kier alpha value is -1.04. The van der Waals surface area contributed by atoms with Crippen LogP contribution in [0, 0.1) is 0 Å². The van der Waals surface area contributed by atoms with Crippen molar-refractivity contribution in [2.24, 2.45) is 0 Å². The molecule has 0 bridgehead atoms. The molecule has 0 aliphatic carbocycles. The fourth-order valence-corrected chi connectivity index (χ4v) is 2.36. The van der Waals surface area contributed by atoms with E-state index in [1.807, 2.05) is 18.2 Å². The Morgan fingerprint density at radius 2 is 2.00 bits per heavy atom. The van der Waals surface area contributed by atoms with Crippen molar-refractivity contribution in [3.63, 3.8) is 0 Å². The van der Waals surface area contributed by atoms with Gasteiger partial charge >= 0.3 is 7.12 Å². The smallest absolute Gasteiger partial charge is 0.492 e. The Morgan fingerprint density at radius 1 is 1.29 bits per heavy atom. The molecule has 1 saturated heterocycles. The predicted molar refractivity (Wildman–Crippen MR) is 67.7 cm³/mol. The van der Waals surface area contributed by atoms with Crippen LogP contribution in [0.3, 0.4) is 0 Å². The first-order valence-corrected chi connectivity index (χ1v) is 5.97. The molecule has 1 aromatic carbocycles. The molecule has 2 rings (SSSR count). The molecule has 0 amide bonds. The summed E-state index contributed by atoms with van der Waals surface area (Å²) in [5.41, 5.74) is 1.61. The second-order valence-electron chi connectivity index (χ2n) is 4.40. The fraction of sp³-hybridized carbons (Fsp3) is 0.500. The molecule has 0 spiro atoms. The van der Waals surface area contributed by atoms with Gasteiger partial charge in [-0.25, -0.2) is 0 Å². The summed E-state index contributed by atoms with van der Waals surface area (Å²) in [5.74, 6) is 1.03. The Bertz CT molecular complexity index is 378. The van der Waals surface area contributed by atoms with Gasteiger partial charge in [-0.15, -0.1) is 0 Å². The molecule has 17 heavy (non-hydrogen) atoms. The molecule has 0 unspecified atom stereocenters. The highest BCUT2D eigenvalue weighted by molar-refractivity contribution is 6.59. The average molecular weight is 235 g/mol. The van der Waals surface area contributed by atoms with E-state index in [1.165, 1.54) is 7.11 Å². The highest BCUT2D eigenvalue weighted by Crippen LogP contribution is 2.25. The first kappa shape index (κ1) is 12.4. The monoisotopic (exact) mass is 235 g/mol. The van der Waals surface area contributed by atoms with Crippen molar-refractivity contribution in [1.29, 1.82) is 0 Å². The Balaban J connectivity index is 2.26. The van der Waals surface area contributed by atoms with E-state index in [2.05, 4.69) is 5.32 Å². The van der Waals surface area contributed by atoms with Gasteiger partial charge in [-0.2, -0.15) is 0 Å². The minimum atomic E-state index is -1.48. The fourth-order valence-electron chi connectivity index (χ4n) is 2.36. The van der Waals surface area contributed by atoms with Crippen LogP contribution in [0.2, 0.25) is 0 Å². The van der Waals surface area contributed by atoms with E-state index < -0.39 is 7.12 Å². The largest absolute Gasteiger partial charge is 0.497 e. The van der Waals surface area contributed by atoms with Crippen molar-refractivity contribution in [1.82, 2.24) is 5.32 Å². The molecular weight excluding hydrogens is 217 g/mol. The molecule has 3 N–H and O–H groups in total. The molecule has 1 heterocycles. The summed E-state index contributed by atoms with van der Waals surface area (Å²) >= 11 is 0. The molecule has 5 heteroatoms. The van der Waals surface area contributed by atoms with Crippen LogP contribution in [0.25, 0.3) is 0 Å². The third kappa shape index (κ3) is 2.80. The summed E-state index contributed by atoms with van der Waals surface area (Å²) in [7, 11) is 0.0532. The lowest BCUT2D eigenvalue weighted by molar-refractivity contribution is 0.402. The van der Waals surface area contributed by atoms with E-state index in [-0.39, 0.29) is 0 Å². The second kappa shape index (κ2) is 5.53. The van der Waals surface area contributed by atoms with E-state index in [0.717, 1.165) is 31.5 Å². The zero-order valence-corrected chi connectivity index (χ0v) is 10.0. The predicted octanol–water partition coefficient (Wildman–Crippen LogP) is -0.158. The van der Waals surface area contributed by atoms with Gasteiger partial charge in [0.15, 0.2) is 0 Å². The van der Waals surface area contributed by atoms with Gasteiger partial charge in [0.05, 0.1) is 7.11 Å². The van der Waals surface area contributed by atoms with Crippen molar-refractivity contribution >= 4 is 12.6 Å². The van der Waals surface area contributed by atoms with Gasteiger partial charge < -0.3 is 20.1 Å². The maximum absolute atomic E-state index is 9.32. The van der Waals surface area contributed by atoms with Gasteiger partial charge in [-0.3, -0.25) is 0 Å². The molecule has 4 nitrogen and oxygen atoms in total. The first-order valence-electron chi connectivity index (χ1n) is 5.97. The Kier molecular flexibility index (Phi) is 4.04. The molecule has 0 atom stereocenters. The normalized spacial score (nSPS) is 16.9. The number of benzene rings is 1. The van der Waals surface area contributed by atoms with E-state index in [1.54, 1.807) is 0 Å².